The van der Waals surface area contributed by atoms with Crippen LogP contribution in [0.25, 0.3) is 0 Å². The Bertz CT molecular complexity index is 317. The third-order valence-electron chi connectivity index (χ3n) is 5.32. The van der Waals surface area contributed by atoms with E-state index in [4.69, 9.17) is 5.41 Å². The molecule has 16 heavy (non-hydrogen) atoms. The molecule has 90 valence electrons. The van der Waals surface area contributed by atoms with E-state index >= 15 is 0 Å². The molecule has 2 aliphatic rings. The maximum absolute atomic E-state index is 8.31. The van der Waals surface area contributed by atoms with Gasteiger partial charge in [0.2, 0.25) is 0 Å². The summed E-state index contributed by atoms with van der Waals surface area (Å²) in [5.74, 6) is 1.90. The average Bonchev–Trinajstić information content (AvgIpc) is 2.20. The zero-order chi connectivity index (χ0) is 11.9. The number of allylic oxidation sites excluding steroid dienone is 1. The third kappa shape index (κ3) is 1.74. The highest BCUT2D eigenvalue weighted by atomic mass is 14.6. The van der Waals surface area contributed by atoms with Gasteiger partial charge in [-0.25, -0.2) is 0 Å². The normalized spacial score (nSPS) is 43.9. The van der Waals surface area contributed by atoms with Gasteiger partial charge in [0.05, 0.1) is 0 Å². The van der Waals surface area contributed by atoms with Gasteiger partial charge in [0, 0.05) is 11.6 Å². The Hall–Kier alpha value is -0.590. The quantitative estimate of drug-likeness (QED) is 0.631. The number of rotatable bonds is 1. The maximum atomic E-state index is 8.31. The molecule has 4 unspecified atom stereocenters. The van der Waals surface area contributed by atoms with Crippen molar-refractivity contribution in [2.75, 3.05) is 0 Å². The Kier molecular flexibility index (Phi) is 2.98. The monoisotopic (exact) mass is 219 g/mol. The van der Waals surface area contributed by atoms with Gasteiger partial charge < -0.3 is 5.41 Å². The molecule has 0 aromatic heterocycles. The molecular weight excluding hydrogens is 194 g/mol. The van der Waals surface area contributed by atoms with Crippen LogP contribution in [0.1, 0.15) is 52.9 Å². The molecule has 0 aromatic rings. The predicted molar refractivity (Wildman–Crippen MR) is 69.9 cm³/mol. The van der Waals surface area contributed by atoms with Gasteiger partial charge in [-0.05, 0) is 43.4 Å². The van der Waals surface area contributed by atoms with E-state index in [1.54, 1.807) is 0 Å². The second-order valence-corrected chi connectivity index (χ2v) is 6.37. The summed E-state index contributed by atoms with van der Waals surface area (Å²) in [6.45, 7) is 11.1. The van der Waals surface area contributed by atoms with Crippen LogP contribution in [-0.4, -0.2) is 5.71 Å². The molecule has 2 saturated carbocycles. The molecule has 4 atom stereocenters. The lowest BCUT2D eigenvalue weighted by Gasteiger charge is -2.52. The fourth-order valence-electron chi connectivity index (χ4n) is 3.91. The van der Waals surface area contributed by atoms with Gasteiger partial charge in [-0.15, -0.1) is 0 Å². The van der Waals surface area contributed by atoms with E-state index < -0.39 is 0 Å². The van der Waals surface area contributed by atoms with Crippen LogP contribution in [0.15, 0.2) is 12.2 Å². The summed E-state index contributed by atoms with van der Waals surface area (Å²) < 4.78 is 0. The molecule has 0 spiro atoms. The van der Waals surface area contributed by atoms with Crippen molar-refractivity contribution in [3.63, 3.8) is 0 Å². The summed E-state index contributed by atoms with van der Waals surface area (Å²) in [5.41, 5.74) is 2.66. The molecule has 1 heteroatoms. The molecule has 0 aromatic carbocycles. The van der Waals surface area contributed by atoms with Gasteiger partial charge in [-0.1, -0.05) is 38.8 Å². The molecule has 2 fully saturated rings. The van der Waals surface area contributed by atoms with E-state index in [-0.39, 0.29) is 0 Å². The van der Waals surface area contributed by atoms with Crippen LogP contribution < -0.4 is 0 Å². The van der Waals surface area contributed by atoms with Crippen molar-refractivity contribution in [1.82, 2.24) is 0 Å². The van der Waals surface area contributed by atoms with Crippen LogP contribution in [-0.2, 0) is 0 Å². The second kappa shape index (κ2) is 4.01. The molecule has 0 aliphatic heterocycles. The molecular formula is C15H25N. The van der Waals surface area contributed by atoms with E-state index in [1.807, 2.05) is 0 Å². The average molecular weight is 219 g/mol. The van der Waals surface area contributed by atoms with Crippen LogP contribution >= 0.6 is 0 Å². The number of nitrogens with one attached hydrogen (secondary N) is 1. The first-order valence-electron chi connectivity index (χ1n) is 6.68. The van der Waals surface area contributed by atoms with Crippen molar-refractivity contribution < 1.29 is 0 Å². The smallest absolute Gasteiger partial charge is 0.0131 e. The van der Waals surface area contributed by atoms with Crippen molar-refractivity contribution in [2.45, 2.75) is 52.9 Å². The van der Waals surface area contributed by atoms with E-state index in [9.17, 15) is 0 Å². The second-order valence-electron chi connectivity index (χ2n) is 6.37. The molecule has 2 rings (SSSR count). The molecule has 0 bridgehead atoms. The maximum Gasteiger partial charge on any atom is 0.0131 e. The van der Waals surface area contributed by atoms with Gasteiger partial charge in [0.1, 0.15) is 0 Å². The van der Waals surface area contributed by atoms with E-state index in [0.29, 0.717) is 17.3 Å². The topological polar surface area (TPSA) is 23.9 Å². The largest absolute Gasteiger partial charge is 0.309 e. The fraction of sp³-hybridized carbons (Fsp3) is 0.800. The highest BCUT2D eigenvalue weighted by molar-refractivity contribution is 5.86. The van der Waals surface area contributed by atoms with Crippen LogP contribution in [0.3, 0.4) is 0 Å². The summed E-state index contributed by atoms with van der Waals surface area (Å²) in [6.07, 6.45) is 6.16. The van der Waals surface area contributed by atoms with Gasteiger partial charge >= 0.3 is 0 Å². The molecule has 2 aliphatic carbocycles. The van der Waals surface area contributed by atoms with Crippen molar-refractivity contribution in [3.8, 4) is 0 Å². The Morgan fingerprint density at radius 1 is 1.44 bits per heavy atom. The van der Waals surface area contributed by atoms with Crippen LogP contribution in [0, 0.1) is 28.6 Å². The lowest BCUT2D eigenvalue weighted by atomic mass is 9.53. The van der Waals surface area contributed by atoms with E-state index in [0.717, 1.165) is 18.1 Å². The zero-order valence-electron chi connectivity index (χ0n) is 11.0. The van der Waals surface area contributed by atoms with Crippen molar-refractivity contribution in [3.05, 3.63) is 12.2 Å². The predicted octanol–water partition coefficient (Wildman–Crippen LogP) is 4.43. The summed E-state index contributed by atoms with van der Waals surface area (Å²) in [4.78, 5) is 0. The van der Waals surface area contributed by atoms with Crippen LogP contribution in [0.4, 0.5) is 0 Å². The first kappa shape index (κ1) is 11.9. The third-order valence-corrected chi connectivity index (χ3v) is 5.32. The minimum atomic E-state index is 0.372. The zero-order valence-corrected chi connectivity index (χ0v) is 11.0. The van der Waals surface area contributed by atoms with Gasteiger partial charge in [-0.2, -0.15) is 0 Å². The highest BCUT2D eigenvalue weighted by Crippen LogP contribution is 2.54. The number of fused-ring (bicyclic) bond motifs is 1. The molecule has 0 amide bonds. The molecule has 0 radical (unpaired) electrons. The Morgan fingerprint density at radius 2 is 2.12 bits per heavy atom. The first-order chi connectivity index (χ1) is 7.45. The van der Waals surface area contributed by atoms with Crippen molar-refractivity contribution >= 4 is 5.71 Å². The van der Waals surface area contributed by atoms with Crippen molar-refractivity contribution in [2.24, 2.45) is 23.2 Å². The standard InChI is InChI=1S/C15H25N/c1-10(2)12-8-14(16)13-7-5-6-11(3)15(13,4)9-12/h11-13,16H,1,5-9H2,2-4H3. The number of hydrogen-bond acceptors (Lipinski definition) is 1. The molecule has 0 saturated heterocycles. The summed E-state index contributed by atoms with van der Waals surface area (Å²) in [7, 11) is 0. The molecule has 1 N–H and O–H groups in total. The summed E-state index contributed by atoms with van der Waals surface area (Å²) in [6, 6.07) is 0. The Balaban J connectivity index is 2.27. The number of hydrogen-bond donors (Lipinski definition) is 1. The lowest BCUT2D eigenvalue weighted by molar-refractivity contribution is 0.0507. The van der Waals surface area contributed by atoms with Crippen LogP contribution in [0.5, 0.6) is 0 Å². The van der Waals surface area contributed by atoms with E-state index in [2.05, 4.69) is 27.4 Å². The van der Waals surface area contributed by atoms with Crippen LogP contribution in [0.2, 0.25) is 0 Å². The van der Waals surface area contributed by atoms with Gasteiger partial charge in [-0.3, -0.25) is 0 Å². The summed E-state index contributed by atoms with van der Waals surface area (Å²) >= 11 is 0. The molecule has 1 nitrogen and oxygen atoms in total. The SMILES string of the molecule is C=C(C)C1CC(=N)C2CCCC(C)C2(C)C1. The highest BCUT2D eigenvalue weighted by Gasteiger charge is 2.48. The Labute approximate surface area is 99.8 Å². The lowest BCUT2D eigenvalue weighted by Crippen LogP contribution is -2.47. The minimum Gasteiger partial charge on any atom is -0.309 e. The minimum absolute atomic E-state index is 0.372. The van der Waals surface area contributed by atoms with E-state index in [1.165, 1.54) is 31.3 Å². The van der Waals surface area contributed by atoms with Crippen molar-refractivity contribution in [1.29, 1.82) is 5.41 Å². The molecule has 0 heterocycles. The fourth-order valence-corrected chi connectivity index (χ4v) is 3.91. The summed E-state index contributed by atoms with van der Waals surface area (Å²) in [5, 5.41) is 8.31. The Morgan fingerprint density at radius 3 is 2.75 bits per heavy atom. The first-order valence-corrected chi connectivity index (χ1v) is 6.68. The van der Waals surface area contributed by atoms with Gasteiger partial charge in [0.25, 0.3) is 0 Å². The van der Waals surface area contributed by atoms with Gasteiger partial charge in [0.15, 0.2) is 0 Å².